The number of hydrogen-bond acceptors (Lipinski definition) is 5. The summed E-state index contributed by atoms with van der Waals surface area (Å²) in [6.45, 7) is 3.52. The molecule has 0 aliphatic rings. The zero-order chi connectivity index (χ0) is 13.8. The van der Waals surface area contributed by atoms with Gasteiger partial charge in [0.2, 0.25) is 5.91 Å². The van der Waals surface area contributed by atoms with Gasteiger partial charge in [-0.2, -0.15) is 0 Å². The third kappa shape index (κ3) is 6.88. The average Bonchev–Trinajstić information content (AvgIpc) is 2.76. The highest BCUT2D eigenvalue weighted by Gasteiger charge is 2.17. The van der Waals surface area contributed by atoms with Crippen molar-refractivity contribution < 1.29 is 13.2 Å². The van der Waals surface area contributed by atoms with Gasteiger partial charge in [0, 0.05) is 12.1 Å². The van der Waals surface area contributed by atoms with Crippen LogP contribution >= 0.6 is 23.7 Å². The lowest BCUT2D eigenvalue weighted by atomic mass is 10.1. The smallest absolute Gasteiger partial charge is 0.250 e. The van der Waals surface area contributed by atoms with Gasteiger partial charge < -0.3 is 11.1 Å². The van der Waals surface area contributed by atoms with Crippen LogP contribution in [0.1, 0.15) is 13.8 Å². The van der Waals surface area contributed by atoms with Crippen molar-refractivity contribution in [1.82, 2.24) is 10.0 Å². The normalized spacial score (nSPS) is 11.7. The van der Waals surface area contributed by atoms with Gasteiger partial charge in [-0.25, -0.2) is 13.1 Å². The second kappa shape index (κ2) is 7.20. The summed E-state index contributed by atoms with van der Waals surface area (Å²) in [4.78, 5) is 11.4. The van der Waals surface area contributed by atoms with Gasteiger partial charge in [0.25, 0.3) is 10.0 Å². The molecule has 0 aromatic carbocycles. The van der Waals surface area contributed by atoms with E-state index in [9.17, 15) is 13.2 Å². The molecule has 0 radical (unpaired) electrons. The van der Waals surface area contributed by atoms with Gasteiger partial charge in [0.15, 0.2) is 0 Å². The molecule has 4 N–H and O–H groups in total. The Morgan fingerprint density at radius 2 is 2.11 bits per heavy atom. The van der Waals surface area contributed by atoms with Crippen LogP contribution in [0, 0.1) is 0 Å². The minimum atomic E-state index is -3.59. The Balaban J connectivity index is 0.00000324. The Morgan fingerprint density at radius 3 is 2.58 bits per heavy atom. The molecule has 1 aromatic rings. The van der Waals surface area contributed by atoms with Crippen LogP contribution in [0.25, 0.3) is 0 Å². The largest absolute Gasteiger partial charge is 0.353 e. The van der Waals surface area contributed by atoms with E-state index in [-0.39, 0.29) is 29.7 Å². The Bertz CT molecular complexity index is 495. The van der Waals surface area contributed by atoms with Crippen molar-refractivity contribution in [2.24, 2.45) is 5.73 Å². The fraction of sp³-hybridized carbons (Fsp3) is 0.500. The van der Waals surface area contributed by atoms with E-state index in [0.717, 1.165) is 11.3 Å². The molecule has 1 heterocycles. The molecule has 0 spiro atoms. The van der Waals surface area contributed by atoms with Gasteiger partial charge in [-0.05, 0) is 25.3 Å². The van der Waals surface area contributed by atoms with Crippen molar-refractivity contribution in [3.8, 4) is 0 Å². The monoisotopic (exact) mass is 327 g/mol. The number of amides is 1. The minimum absolute atomic E-state index is 0. The molecule has 0 aliphatic heterocycles. The van der Waals surface area contributed by atoms with Crippen LogP contribution in [0.3, 0.4) is 0 Å². The molecular formula is C10H18ClN3O3S2. The van der Waals surface area contributed by atoms with E-state index in [2.05, 4.69) is 10.0 Å². The Morgan fingerprint density at radius 1 is 1.47 bits per heavy atom. The van der Waals surface area contributed by atoms with E-state index in [1.54, 1.807) is 25.3 Å². The maximum atomic E-state index is 11.7. The molecule has 1 aromatic heterocycles. The number of hydrogen-bond donors (Lipinski definition) is 3. The van der Waals surface area contributed by atoms with Crippen LogP contribution in [0.15, 0.2) is 21.7 Å². The number of halogens is 1. The summed E-state index contributed by atoms with van der Waals surface area (Å²) in [6.07, 6.45) is 0. The molecule has 0 saturated carbocycles. The lowest BCUT2D eigenvalue weighted by molar-refractivity contribution is -0.120. The highest BCUT2D eigenvalue weighted by atomic mass is 35.5. The lowest BCUT2D eigenvalue weighted by Gasteiger charge is -2.18. The molecular weight excluding hydrogens is 310 g/mol. The van der Waals surface area contributed by atoms with Gasteiger partial charge in [-0.3, -0.25) is 4.79 Å². The lowest BCUT2D eigenvalue weighted by Crippen LogP contribution is -2.47. The van der Waals surface area contributed by atoms with Gasteiger partial charge in [-0.15, -0.1) is 23.7 Å². The molecule has 0 fully saturated rings. The summed E-state index contributed by atoms with van der Waals surface area (Å²) in [5.41, 5.74) is 5.17. The quantitative estimate of drug-likeness (QED) is 0.699. The number of thiophene rings is 1. The van der Waals surface area contributed by atoms with E-state index in [1.165, 1.54) is 6.07 Å². The predicted octanol–water partition coefficient (Wildman–Crippen LogP) is 0.302. The van der Waals surface area contributed by atoms with Crippen molar-refractivity contribution >= 4 is 39.7 Å². The first-order valence-corrected chi connectivity index (χ1v) is 7.66. The second-order valence-electron chi connectivity index (χ2n) is 4.52. The topological polar surface area (TPSA) is 101 Å². The number of nitrogens with one attached hydrogen (secondary N) is 2. The van der Waals surface area contributed by atoms with Gasteiger partial charge >= 0.3 is 0 Å². The number of rotatable bonds is 6. The minimum Gasteiger partial charge on any atom is -0.353 e. The molecule has 0 bridgehead atoms. The molecule has 110 valence electrons. The van der Waals surface area contributed by atoms with E-state index in [1.807, 2.05) is 0 Å². The molecule has 6 nitrogen and oxygen atoms in total. The zero-order valence-corrected chi connectivity index (χ0v) is 13.1. The van der Waals surface area contributed by atoms with Crippen LogP contribution in [0.5, 0.6) is 0 Å². The molecule has 9 heteroatoms. The summed E-state index contributed by atoms with van der Waals surface area (Å²) < 4.78 is 25.8. The molecule has 1 amide bonds. The van der Waals surface area contributed by atoms with Crippen molar-refractivity contribution in [3.63, 3.8) is 0 Å². The van der Waals surface area contributed by atoms with E-state index >= 15 is 0 Å². The summed E-state index contributed by atoms with van der Waals surface area (Å²) in [7, 11) is -3.59. The predicted molar refractivity (Wildman–Crippen MR) is 78.0 cm³/mol. The van der Waals surface area contributed by atoms with E-state index in [4.69, 9.17) is 5.73 Å². The first-order chi connectivity index (χ1) is 8.21. The number of sulfonamides is 1. The summed E-state index contributed by atoms with van der Waals surface area (Å²) in [6, 6.07) is 3.12. The van der Waals surface area contributed by atoms with Crippen LogP contribution in [-0.4, -0.2) is 33.0 Å². The first kappa shape index (κ1) is 18.3. The molecule has 19 heavy (non-hydrogen) atoms. The maximum absolute atomic E-state index is 11.7. The maximum Gasteiger partial charge on any atom is 0.250 e. The zero-order valence-electron chi connectivity index (χ0n) is 10.7. The van der Waals surface area contributed by atoms with Crippen LogP contribution < -0.4 is 15.8 Å². The van der Waals surface area contributed by atoms with Crippen molar-refractivity contribution in [2.45, 2.75) is 23.6 Å². The van der Waals surface area contributed by atoms with Gasteiger partial charge in [-0.1, -0.05) is 6.07 Å². The number of carbonyl (C=O) groups excluding carboxylic acids is 1. The molecule has 1 rings (SSSR count). The van der Waals surface area contributed by atoms with Crippen molar-refractivity contribution in [2.75, 3.05) is 13.1 Å². The molecule has 0 unspecified atom stereocenters. The van der Waals surface area contributed by atoms with Crippen LogP contribution in [0.4, 0.5) is 0 Å². The average molecular weight is 328 g/mol. The van der Waals surface area contributed by atoms with E-state index < -0.39 is 21.5 Å². The van der Waals surface area contributed by atoms with Crippen molar-refractivity contribution in [3.05, 3.63) is 17.5 Å². The van der Waals surface area contributed by atoms with Crippen LogP contribution in [0.2, 0.25) is 0 Å². The molecule has 0 saturated heterocycles. The number of carbonyl (C=O) groups is 1. The van der Waals surface area contributed by atoms with Crippen LogP contribution in [-0.2, 0) is 14.8 Å². The Kier molecular flexibility index (Phi) is 6.95. The molecule has 0 aliphatic carbocycles. The second-order valence-corrected chi connectivity index (χ2v) is 7.46. The van der Waals surface area contributed by atoms with E-state index in [0.29, 0.717) is 0 Å². The highest BCUT2D eigenvalue weighted by molar-refractivity contribution is 7.91. The van der Waals surface area contributed by atoms with Gasteiger partial charge in [0.1, 0.15) is 4.21 Å². The standard InChI is InChI=1S/C10H17N3O3S2.ClH/c1-10(2,11)7-12-8(14)6-13-18(15,16)9-4-3-5-17-9;/h3-5,13H,6-7,11H2,1-2H3,(H,12,14);1H. The van der Waals surface area contributed by atoms with Gasteiger partial charge in [0.05, 0.1) is 6.54 Å². The molecule has 0 atom stereocenters. The third-order valence-corrected chi connectivity index (χ3v) is 4.72. The summed E-state index contributed by atoms with van der Waals surface area (Å²) >= 11 is 1.10. The third-order valence-electron chi connectivity index (χ3n) is 1.92. The number of nitrogens with two attached hydrogens (primary N) is 1. The summed E-state index contributed by atoms with van der Waals surface area (Å²) in [5, 5.41) is 4.21. The summed E-state index contributed by atoms with van der Waals surface area (Å²) in [5.74, 6) is -0.409. The fourth-order valence-electron chi connectivity index (χ4n) is 1.04. The Labute approximate surface area is 123 Å². The Hall–Kier alpha value is -0.670. The fourth-order valence-corrected chi connectivity index (χ4v) is 3.06. The highest BCUT2D eigenvalue weighted by Crippen LogP contribution is 2.14. The SMILES string of the molecule is CC(C)(N)CNC(=O)CNS(=O)(=O)c1cccs1.Cl. The van der Waals surface area contributed by atoms with Crippen molar-refractivity contribution in [1.29, 1.82) is 0 Å². The first-order valence-electron chi connectivity index (χ1n) is 5.29.